The van der Waals surface area contributed by atoms with Gasteiger partial charge in [-0.25, -0.2) is 13.4 Å². The van der Waals surface area contributed by atoms with Crippen molar-refractivity contribution in [3.8, 4) is 5.88 Å². The van der Waals surface area contributed by atoms with Crippen LogP contribution >= 0.6 is 38.9 Å². The van der Waals surface area contributed by atoms with Gasteiger partial charge in [-0.05, 0) is 35.0 Å². The number of pyridine rings is 1. The third-order valence-corrected chi connectivity index (χ3v) is 6.50. The number of ether oxygens (including phenoxy) is 1. The quantitative estimate of drug-likeness (QED) is 0.834. The fourth-order valence-corrected chi connectivity index (χ4v) is 4.78. The summed E-state index contributed by atoms with van der Waals surface area (Å²) in [6.45, 7) is 2.34. The molecule has 2 aromatic heterocycles. The summed E-state index contributed by atoms with van der Waals surface area (Å²) in [5.41, 5.74) is 0.356. The maximum absolute atomic E-state index is 12.1. The fraction of sp³-hybridized carbons (Fsp3) is 0.182. The summed E-state index contributed by atoms with van der Waals surface area (Å²) in [5.74, 6) is 0.442. The maximum atomic E-state index is 12.1. The van der Waals surface area contributed by atoms with Crippen molar-refractivity contribution in [2.45, 2.75) is 11.1 Å². The standard InChI is InChI=1S/C11H10BrClN2O3S2/c1-2-18-9-4-3-7(6-14-9)15-20(16,17)10-5-8(13)11(12)19-10/h3-6,15H,2H2,1H3. The molecule has 0 unspecified atom stereocenters. The van der Waals surface area contributed by atoms with Crippen molar-refractivity contribution >= 4 is 54.6 Å². The number of halogens is 2. The average Bonchev–Trinajstić information content (AvgIpc) is 2.73. The Bertz CT molecular complexity index is 681. The molecule has 0 atom stereocenters. The number of nitrogens with one attached hydrogen (secondary N) is 1. The van der Waals surface area contributed by atoms with Crippen LogP contribution < -0.4 is 9.46 Å². The van der Waals surface area contributed by atoms with E-state index < -0.39 is 10.0 Å². The fourth-order valence-electron chi connectivity index (χ4n) is 1.34. The molecule has 0 aliphatic carbocycles. The van der Waals surface area contributed by atoms with E-state index in [1.165, 1.54) is 12.3 Å². The first kappa shape index (κ1) is 15.6. The van der Waals surface area contributed by atoms with Crippen LogP contribution in [0.2, 0.25) is 5.02 Å². The highest BCUT2D eigenvalue weighted by Crippen LogP contribution is 2.35. The normalized spacial score (nSPS) is 11.3. The molecule has 0 aliphatic rings. The van der Waals surface area contributed by atoms with Crippen LogP contribution in [0.3, 0.4) is 0 Å². The zero-order chi connectivity index (χ0) is 14.8. The van der Waals surface area contributed by atoms with Crippen LogP contribution in [0, 0.1) is 0 Å². The number of rotatable bonds is 5. The topological polar surface area (TPSA) is 68.3 Å². The monoisotopic (exact) mass is 396 g/mol. The lowest BCUT2D eigenvalue weighted by Crippen LogP contribution is -2.11. The van der Waals surface area contributed by atoms with Gasteiger partial charge in [0.15, 0.2) is 0 Å². The highest BCUT2D eigenvalue weighted by atomic mass is 79.9. The molecule has 0 fully saturated rings. The Morgan fingerprint density at radius 2 is 2.25 bits per heavy atom. The van der Waals surface area contributed by atoms with Crippen LogP contribution in [0.5, 0.6) is 5.88 Å². The second kappa shape index (κ2) is 6.30. The summed E-state index contributed by atoms with van der Waals surface area (Å²) in [4.78, 5) is 3.99. The average molecular weight is 398 g/mol. The summed E-state index contributed by atoms with van der Waals surface area (Å²) in [5, 5.41) is 0.361. The van der Waals surface area contributed by atoms with Crippen molar-refractivity contribution in [3.05, 3.63) is 33.2 Å². The SMILES string of the molecule is CCOc1ccc(NS(=O)(=O)c2cc(Cl)c(Br)s2)cn1. The van der Waals surface area contributed by atoms with Gasteiger partial charge in [0, 0.05) is 6.07 Å². The van der Waals surface area contributed by atoms with Crippen molar-refractivity contribution < 1.29 is 13.2 Å². The molecule has 108 valence electrons. The molecule has 2 rings (SSSR count). The number of nitrogens with zero attached hydrogens (tertiary/aromatic N) is 1. The lowest BCUT2D eigenvalue weighted by molar-refractivity contribution is 0.327. The molecule has 20 heavy (non-hydrogen) atoms. The van der Waals surface area contributed by atoms with Crippen molar-refractivity contribution in [2.75, 3.05) is 11.3 Å². The number of hydrogen-bond donors (Lipinski definition) is 1. The molecule has 0 radical (unpaired) electrons. The van der Waals surface area contributed by atoms with Crippen LogP contribution in [0.1, 0.15) is 6.92 Å². The lowest BCUT2D eigenvalue weighted by atomic mass is 10.4. The van der Waals surface area contributed by atoms with Crippen molar-refractivity contribution in [1.82, 2.24) is 4.98 Å². The van der Waals surface area contributed by atoms with Gasteiger partial charge in [0.05, 0.1) is 27.3 Å². The largest absolute Gasteiger partial charge is 0.478 e. The number of sulfonamides is 1. The van der Waals surface area contributed by atoms with Gasteiger partial charge in [0.25, 0.3) is 10.0 Å². The van der Waals surface area contributed by atoms with Gasteiger partial charge < -0.3 is 4.74 Å². The van der Waals surface area contributed by atoms with E-state index in [1.54, 1.807) is 12.1 Å². The smallest absolute Gasteiger partial charge is 0.271 e. The van der Waals surface area contributed by atoms with Gasteiger partial charge in [-0.2, -0.15) is 0 Å². The summed E-state index contributed by atoms with van der Waals surface area (Å²) in [7, 11) is -3.67. The number of hydrogen-bond acceptors (Lipinski definition) is 5. The van der Waals surface area contributed by atoms with Gasteiger partial charge in [-0.3, -0.25) is 4.72 Å². The Kier molecular flexibility index (Phi) is 4.90. The van der Waals surface area contributed by atoms with Gasteiger partial charge in [0.1, 0.15) is 4.21 Å². The molecule has 2 aromatic rings. The first-order chi connectivity index (χ1) is 9.42. The Morgan fingerprint density at radius 1 is 1.50 bits per heavy atom. The van der Waals surface area contributed by atoms with Gasteiger partial charge in [0.2, 0.25) is 5.88 Å². The highest BCUT2D eigenvalue weighted by molar-refractivity contribution is 9.11. The summed E-state index contributed by atoms with van der Waals surface area (Å²) in [6, 6.07) is 4.57. The molecule has 1 N–H and O–H groups in total. The molecule has 0 saturated carbocycles. The molecular weight excluding hydrogens is 388 g/mol. The van der Waals surface area contributed by atoms with E-state index in [-0.39, 0.29) is 4.21 Å². The molecule has 0 saturated heterocycles. The Labute approximate surface area is 134 Å². The number of thiophene rings is 1. The predicted molar refractivity (Wildman–Crippen MR) is 83.2 cm³/mol. The van der Waals surface area contributed by atoms with Crippen LogP contribution in [0.15, 0.2) is 32.4 Å². The van der Waals surface area contributed by atoms with E-state index in [9.17, 15) is 8.42 Å². The van der Waals surface area contributed by atoms with Crippen LogP contribution in [-0.4, -0.2) is 20.0 Å². The number of aromatic nitrogens is 1. The Morgan fingerprint density at radius 3 is 2.75 bits per heavy atom. The Hall–Kier alpha value is -0.830. The predicted octanol–water partition coefficient (Wildman–Crippen LogP) is 3.76. The van der Waals surface area contributed by atoms with E-state index in [0.29, 0.717) is 27.0 Å². The minimum Gasteiger partial charge on any atom is -0.478 e. The van der Waals surface area contributed by atoms with E-state index in [0.717, 1.165) is 11.3 Å². The minimum absolute atomic E-state index is 0.128. The molecule has 0 amide bonds. The first-order valence-corrected chi connectivity index (χ1v) is 8.96. The van der Waals surface area contributed by atoms with Crippen molar-refractivity contribution in [2.24, 2.45) is 0 Å². The van der Waals surface area contributed by atoms with E-state index in [2.05, 4.69) is 25.6 Å². The number of anilines is 1. The first-order valence-electron chi connectivity index (χ1n) is 5.49. The van der Waals surface area contributed by atoms with E-state index >= 15 is 0 Å². The summed E-state index contributed by atoms with van der Waals surface area (Å²) < 4.78 is 32.6. The van der Waals surface area contributed by atoms with Gasteiger partial charge in [-0.1, -0.05) is 11.6 Å². The van der Waals surface area contributed by atoms with Crippen LogP contribution in [0.4, 0.5) is 5.69 Å². The molecule has 9 heteroatoms. The van der Waals surface area contributed by atoms with Crippen LogP contribution in [0.25, 0.3) is 0 Å². The maximum Gasteiger partial charge on any atom is 0.271 e. The second-order valence-corrected chi connectivity index (χ2v) is 8.30. The van der Waals surface area contributed by atoms with Crippen molar-refractivity contribution in [3.63, 3.8) is 0 Å². The highest BCUT2D eigenvalue weighted by Gasteiger charge is 2.19. The van der Waals surface area contributed by atoms with Gasteiger partial charge >= 0.3 is 0 Å². The second-order valence-electron chi connectivity index (χ2n) is 3.61. The molecule has 0 aliphatic heterocycles. The molecule has 0 bridgehead atoms. The molecular formula is C11H10BrClN2O3S2. The molecule has 0 spiro atoms. The van der Waals surface area contributed by atoms with Gasteiger partial charge in [-0.15, -0.1) is 11.3 Å². The summed E-state index contributed by atoms with van der Waals surface area (Å²) >= 11 is 10.1. The molecule has 5 nitrogen and oxygen atoms in total. The van der Waals surface area contributed by atoms with Crippen LogP contribution in [-0.2, 0) is 10.0 Å². The molecule has 2 heterocycles. The zero-order valence-corrected chi connectivity index (χ0v) is 14.2. The minimum atomic E-state index is -3.67. The third kappa shape index (κ3) is 3.63. The molecule has 0 aromatic carbocycles. The lowest BCUT2D eigenvalue weighted by Gasteiger charge is -2.06. The zero-order valence-electron chi connectivity index (χ0n) is 10.3. The third-order valence-electron chi connectivity index (χ3n) is 2.17. The van der Waals surface area contributed by atoms with E-state index in [1.807, 2.05) is 6.92 Å². The Balaban J connectivity index is 2.19. The van der Waals surface area contributed by atoms with Crippen molar-refractivity contribution in [1.29, 1.82) is 0 Å². The van der Waals surface area contributed by atoms with E-state index in [4.69, 9.17) is 16.3 Å². The summed E-state index contributed by atoms with van der Waals surface area (Å²) in [6.07, 6.45) is 1.40.